The van der Waals surface area contributed by atoms with E-state index >= 15 is 0 Å². The number of thioether (sulfide) groups is 1. The number of nitrogens with one attached hydrogen (secondary N) is 1. The van der Waals surface area contributed by atoms with Crippen molar-refractivity contribution in [2.75, 3.05) is 24.2 Å². The Balaban J connectivity index is 1.75. The van der Waals surface area contributed by atoms with E-state index in [0.717, 1.165) is 24.2 Å². The first kappa shape index (κ1) is 16.8. The number of rotatable bonds is 5. The summed E-state index contributed by atoms with van der Waals surface area (Å²) in [4.78, 5) is 25.9. The maximum absolute atomic E-state index is 12.2. The van der Waals surface area contributed by atoms with Crippen molar-refractivity contribution in [3.63, 3.8) is 0 Å². The molecule has 0 spiro atoms. The summed E-state index contributed by atoms with van der Waals surface area (Å²) in [6.45, 7) is 5.19. The minimum atomic E-state index is -0.228. The van der Waals surface area contributed by atoms with Crippen molar-refractivity contribution in [2.24, 2.45) is 5.73 Å². The van der Waals surface area contributed by atoms with E-state index in [9.17, 15) is 9.59 Å². The number of nitrogens with zero attached hydrogens (tertiary/aromatic N) is 1. The highest BCUT2D eigenvalue weighted by atomic mass is 32.2. The smallest absolute Gasteiger partial charge is 0.235 e. The summed E-state index contributed by atoms with van der Waals surface area (Å²) in [5.74, 6) is 0.244. The number of benzene rings is 1. The number of carbonyl (C=O) groups is 2. The van der Waals surface area contributed by atoms with Gasteiger partial charge in [0, 0.05) is 24.8 Å². The van der Waals surface area contributed by atoms with Gasteiger partial charge in [-0.25, -0.2) is 0 Å². The monoisotopic (exact) mass is 321 g/mol. The van der Waals surface area contributed by atoms with Gasteiger partial charge in [0.15, 0.2) is 0 Å². The van der Waals surface area contributed by atoms with Crippen LogP contribution >= 0.6 is 11.8 Å². The van der Waals surface area contributed by atoms with Crippen molar-refractivity contribution in [3.8, 4) is 0 Å². The zero-order valence-electron chi connectivity index (χ0n) is 13.0. The first-order valence-corrected chi connectivity index (χ1v) is 8.53. The summed E-state index contributed by atoms with van der Waals surface area (Å²) in [5.41, 5.74) is 7.74. The Morgan fingerprint density at radius 3 is 2.68 bits per heavy atom. The molecule has 0 aromatic heterocycles. The molecule has 2 rings (SSSR count). The average molecular weight is 321 g/mol. The third-order valence-electron chi connectivity index (χ3n) is 3.68. The molecule has 22 heavy (non-hydrogen) atoms. The third-order valence-corrected chi connectivity index (χ3v) is 4.81. The molecule has 0 saturated carbocycles. The minimum Gasteiger partial charge on any atom is -0.340 e. The Hall–Kier alpha value is -1.53. The summed E-state index contributed by atoms with van der Waals surface area (Å²) in [5, 5.41) is 2.61. The Bertz CT molecular complexity index is 533. The van der Waals surface area contributed by atoms with Crippen LogP contribution in [0, 0.1) is 6.92 Å². The average Bonchev–Trinajstić information content (AvgIpc) is 2.93. The number of likely N-dealkylation sites (tertiary alicyclic amines) is 1. The van der Waals surface area contributed by atoms with Gasteiger partial charge in [-0.05, 0) is 32.4 Å². The summed E-state index contributed by atoms with van der Waals surface area (Å²) in [6.07, 6.45) is 0.858. The highest BCUT2D eigenvalue weighted by Gasteiger charge is 2.27. The van der Waals surface area contributed by atoms with Gasteiger partial charge in [0.2, 0.25) is 11.8 Å². The van der Waals surface area contributed by atoms with Crippen molar-refractivity contribution in [2.45, 2.75) is 31.6 Å². The molecule has 1 aromatic rings. The van der Waals surface area contributed by atoms with Crippen molar-refractivity contribution in [1.82, 2.24) is 4.90 Å². The Labute approximate surface area is 135 Å². The van der Waals surface area contributed by atoms with Crippen molar-refractivity contribution in [3.05, 3.63) is 29.8 Å². The van der Waals surface area contributed by atoms with Gasteiger partial charge in [-0.1, -0.05) is 17.7 Å². The van der Waals surface area contributed by atoms with Crippen molar-refractivity contribution >= 4 is 29.3 Å². The van der Waals surface area contributed by atoms with Gasteiger partial charge in [-0.15, -0.1) is 11.8 Å². The SMILES string of the molecule is Cc1ccc(NC(=O)CSC(C)C(=O)N2CC[C@@H](N)C2)cc1. The molecule has 1 aromatic carbocycles. The third kappa shape index (κ3) is 4.74. The highest BCUT2D eigenvalue weighted by molar-refractivity contribution is 8.01. The zero-order valence-corrected chi connectivity index (χ0v) is 13.9. The Morgan fingerprint density at radius 1 is 1.41 bits per heavy atom. The van der Waals surface area contributed by atoms with Gasteiger partial charge in [0.25, 0.3) is 0 Å². The van der Waals surface area contributed by atoms with E-state index in [2.05, 4.69) is 5.32 Å². The molecular weight excluding hydrogens is 298 g/mol. The zero-order chi connectivity index (χ0) is 16.1. The summed E-state index contributed by atoms with van der Waals surface area (Å²) in [6, 6.07) is 7.73. The lowest BCUT2D eigenvalue weighted by molar-refractivity contribution is -0.129. The van der Waals surface area contributed by atoms with Crippen LogP contribution in [0.3, 0.4) is 0 Å². The Kier molecular flexibility index (Phi) is 5.85. The van der Waals surface area contributed by atoms with Crippen LogP contribution in [0.15, 0.2) is 24.3 Å². The first-order chi connectivity index (χ1) is 10.5. The maximum atomic E-state index is 12.2. The van der Waals surface area contributed by atoms with Gasteiger partial charge in [-0.3, -0.25) is 9.59 Å². The molecule has 2 amide bonds. The molecule has 0 aliphatic carbocycles. The highest BCUT2D eigenvalue weighted by Crippen LogP contribution is 2.17. The predicted molar refractivity (Wildman–Crippen MR) is 90.9 cm³/mol. The molecule has 3 N–H and O–H groups in total. The number of hydrogen-bond acceptors (Lipinski definition) is 4. The fourth-order valence-electron chi connectivity index (χ4n) is 2.35. The minimum absolute atomic E-state index is 0.0704. The van der Waals surface area contributed by atoms with Crippen LogP contribution in [-0.2, 0) is 9.59 Å². The molecule has 1 fully saturated rings. The summed E-state index contributed by atoms with van der Waals surface area (Å²) >= 11 is 1.36. The quantitative estimate of drug-likeness (QED) is 0.864. The Morgan fingerprint density at radius 2 is 2.09 bits per heavy atom. The van der Waals surface area contributed by atoms with E-state index in [1.807, 2.05) is 38.1 Å². The molecule has 0 radical (unpaired) electrons. The summed E-state index contributed by atoms with van der Waals surface area (Å²) < 4.78 is 0. The molecule has 1 saturated heterocycles. The molecule has 1 heterocycles. The standard InChI is InChI=1S/C16H23N3O2S/c1-11-3-5-14(6-4-11)18-15(20)10-22-12(2)16(21)19-8-7-13(17)9-19/h3-6,12-13H,7-10,17H2,1-2H3,(H,18,20)/t12?,13-/m1/s1. The number of carbonyl (C=O) groups excluding carboxylic acids is 2. The number of amides is 2. The van der Waals surface area contributed by atoms with Gasteiger partial charge in [0.05, 0.1) is 11.0 Å². The molecule has 1 aliphatic heterocycles. The predicted octanol–water partition coefficient (Wildman–Crippen LogP) is 1.61. The van der Waals surface area contributed by atoms with Crippen LogP contribution in [0.25, 0.3) is 0 Å². The summed E-state index contributed by atoms with van der Waals surface area (Å²) in [7, 11) is 0. The van der Waals surface area contributed by atoms with Crippen LogP contribution in [0.1, 0.15) is 18.9 Å². The van der Waals surface area contributed by atoms with Crippen molar-refractivity contribution in [1.29, 1.82) is 0 Å². The van der Waals surface area contributed by atoms with Crippen LogP contribution in [0.5, 0.6) is 0 Å². The fourth-order valence-corrected chi connectivity index (χ4v) is 3.12. The first-order valence-electron chi connectivity index (χ1n) is 7.48. The van der Waals surface area contributed by atoms with Crippen LogP contribution in [0.2, 0.25) is 0 Å². The normalized spacial score (nSPS) is 19.0. The number of aryl methyl sites for hydroxylation is 1. The lowest BCUT2D eigenvalue weighted by Gasteiger charge is -2.20. The van der Waals surface area contributed by atoms with E-state index in [-0.39, 0.29) is 28.9 Å². The number of hydrogen-bond donors (Lipinski definition) is 2. The lowest BCUT2D eigenvalue weighted by atomic mass is 10.2. The fraction of sp³-hybridized carbons (Fsp3) is 0.500. The molecule has 6 heteroatoms. The van der Waals surface area contributed by atoms with Gasteiger partial charge < -0.3 is 16.0 Å². The second kappa shape index (κ2) is 7.65. The van der Waals surface area contributed by atoms with E-state index in [1.54, 1.807) is 4.90 Å². The van der Waals surface area contributed by atoms with Gasteiger partial charge >= 0.3 is 0 Å². The molecular formula is C16H23N3O2S. The lowest BCUT2D eigenvalue weighted by Crippen LogP contribution is -2.37. The van der Waals surface area contributed by atoms with Crippen LogP contribution < -0.4 is 11.1 Å². The molecule has 2 atom stereocenters. The molecule has 5 nitrogen and oxygen atoms in total. The molecule has 1 aliphatic rings. The second-order valence-electron chi connectivity index (χ2n) is 5.70. The van der Waals surface area contributed by atoms with E-state index < -0.39 is 0 Å². The maximum Gasteiger partial charge on any atom is 0.235 e. The van der Waals surface area contributed by atoms with E-state index in [4.69, 9.17) is 5.73 Å². The number of nitrogens with two attached hydrogens (primary N) is 1. The number of anilines is 1. The van der Waals surface area contributed by atoms with Crippen LogP contribution in [0.4, 0.5) is 5.69 Å². The molecule has 1 unspecified atom stereocenters. The van der Waals surface area contributed by atoms with Gasteiger partial charge in [-0.2, -0.15) is 0 Å². The van der Waals surface area contributed by atoms with Crippen LogP contribution in [-0.4, -0.2) is 46.8 Å². The molecule has 0 bridgehead atoms. The second-order valence-corrected chi connectivity index (χ2v) is 7.03. The molecule has 120 valence electrons. The topological polar surface area (TPSA) is 75.4 Å². The largest absolute Gasteiger partial charge is 0.340 e. The van der Waals surface area contributed by atoms with E-state index in [0.29, 0.717) is 6.54 Å². The van der Waals surface area contributed by atoms with Gasteiger partial charge in [0.1, 0.15) is 0 Å². The van der Waals surface area contributed by atoms with Crippen molar-refractivity contribution < 1.29 is 9.59 Å². The van der Waals surface area contributed by atoms with E-state index in [1.165, 1.54) is 11.8 Å².